The van der Waals surface area contributed by atoms with Crippen LogP contribution in [0.15, 0.2) is 47.5 Å². The van der Waals surface area contributed by atoms with Gasteiger partial charge in [0.25, 0.3) is 0 Å². The van der Waals surface area contributed by atoms with E-state index >= 15 is 0 Å². The van der Waals surface area contributed by atoms with Crippen LogP contribution in [0.3, 0.4) is 0 Å². The molecule has 128 valence electrons. The molecule has 1 fully saturated rings. The molecule has 1 aliphatic heterocycles. The molecule has 1 saturated heterocycles. The van der Waals surface area contributed by atoms with E-state index in [1.165, 1.54) is 16.4 Å². The number of aryl methyl sites for hydroxylation is 1. The van der Waals surface area contributed by atoms with Crippen LogP contribution in [0, 0.1) is 12.7 Å². The van der Waals surface area contributed by atoms with Crippen molar-refractivity contribution in [2.45, 2.75) is 18.4 Å². The molecule has 3 rings (SSSR count). The molecule has 0 spiro atoms. The summed E-state index contributed by atoms with van der Waals surface area (Å²) in [5.74, 6) is -0.495. The zero-order valence-corrected chi connectivity index (χ0v) is 14.3. The fourth-order valence-electron chi connectivity index (χ4n) is 2.73. The fraction of sp³-hybridized carbons (Fsp3) is 0.353. The summed E-state index contributed by atoms with van der Waals surface area (Å²) < 4.78 is 40.4. The van der Waals surface area contributed by atoms with E-state index in [0.29, 0.717) is 38.3 Å². The van der Waals surface area contributed by atoms with E-state index in [-0.39, 0.29) is 4.90 Å². The van der Waals surface area contributed by atoms with Gasteiger partial charge >= 0.3 is 0 Å². The van der Waals surface area contributed by atoms with E-state index in [1.54, 1.807) is 13.1 Å². The highest BCUT2D eigenvalue weighted by Gasteiger charge is 2.29. The van der Waals surface area contributed by atoms with E-state index in [4.69, 9.17) is 0 Å². The van der Waals surface area contributed by atoms with E-state index in [9.17, 15) is 12.8 Å². The Morgan fingerprint density at radius 2 is 1.88 bits per heavy atom. The van der Waals surface area contributed by atoms with Gasteiger partial charge in [-0.25, -0.2) is 12.8 Å². The summed E-state index contributed by atoms with van der Waals surface area (Å²) in [6, 6.07) is 9.83. The number of sulfonamides is 1. The Morgan fingerprint density at radius 1 is 1.12 bits per heavy atom. The first kappa shape index (κ1) is 17.0. The van der Waals surface area contributed by atoms with E-state index in [2.05, 4.69) is 9.88 Å². The number of hydrogen-bond acceptors (Lipinski definition) is 4. The first-order chi connectivity index (χ1) is 11.5. The Morgan fingerprint density at radius 3 is 2.50 bits per heavy atom. The van der Waals surface area contributed by atoms with Crippen molar-refractivity contribution in [3.05, 3.63) is 59.7 Å². The third-order valence-electron chi connectivity index (χ3n) is 4.22. The molecule has 5 nitrogen and oxygen atoms in total. The maximum atomic E-state index is 13.7. The van der Waals surface area contributed by atoms with Crippen LogP contribution in [-0.4, -0.2) is 48.8 Å². The van der Waals surface area contributed by atoms with Gasteiger partial charge in [-0.15, -0.1) is 0 Å². The summed E-state index contributed by atoms with van der Waals surface area (Å²) in [6.07, 6.45) is 1.75. The minimum absolute atomic E-state index is 0.0174. The van der Waals surface area contributed by atoms with Gasteiger partial charge in [-0.2, -0.15) is 4.31 Å². The number of nitrogens with zero attached hydrogens (tertiary/aromatic N) is 3. The molecule has 0 unspecified atom stereocenters. The minimum atomic E-state index is -3.65. The van der Waals surface area contributed by atoms with Crippen LogP contribution in [0.1, 0.15) is 11.3 Å². The lowest BCUT2D eigenvalue weighted by atomic mass is 10.2. The number of aromatic nitrogens is 1. The first-order valence-corrected chi connectivity index (χ1v) is 9.29. The summed E-state index contributed by atoms with van der Waals surface area (Å²) in [5.41, 5.74) is 1.41. The zero-order chi connectivity index (χ0) is 17.2. The SMILES string of the molecule is Cc1ccc(S(=O)(=O)N2CCN(Cc3ccccn3)CC2)cc1F. The third kappa shape index (κ3) is 3.63. The smallest absolute Gasteiger partial charge is 0.243 e. The van der Waals surface area contributed by atoms with E-state index in [1.807, 2.05) is 18.2 Å². The van der Waals surface area contributed by atoms with Crippen molar-refractivity contribution in [2.75, 3.05) is 26.2 Å². The summed E-state index contributed by atoms with van der Waals surface area (Å²) in [5, 5.41) is 0. The van der Waals surface area contributed by atoms with Crippen LogP contribution in [-0.2, 0) is 16.6 Å². The average molecular weight is 349 g/mol. The highest BCUT2D eigenvalue weighted by Crippen LogP contribution is 2.20. The number of benzene rings is 1. The summed E-state index contributed by atoms with van der Waals surface area (Å²) >= 11 is 0. The third-order valence-corrected chi connectivity index (χ3v) is 6.12. The lowest BCUT2D eigenvalue weighted by Crippen LogP contribution is -2.48. The molecule has 0 aliphatic carbocycles. The molecule has 0 radical (unpaired) electrons. The summed E-state index contributed by atoms with van der Waals surface area (Å²) in [4.78, 5) is 6.48. The van der Waals surface area contributed by atoms with Gasteiger partial charge in [0.2, 0.25) is 10.0 Å². The van der Waals surface area contributed by atoms with Crippen LogP contribution in [0.25, 0.3) is 0 Å². The van der Waals surface area contributed by atoms with Crippen LogP contribution < -0.4 is 0 Å². The predicted octanol–water partition coefficient (Wildman–Crippen LogP) is 2.04. The highest BCUT2D eigenvalue weighted by atomic mass is 32.2. The van der Waals surface area contributed by atoms with Gasteiger partial charge < -0.3 is 0 Å². The maximum Gasteiger partial charge on any atom is 0.243 e. The van der Waals surface area contributed by atoms with Crippen molar-refractivity contribution in [1.29, 1.82) is 0 Å². The molecule has 24 heavy (non-hydrogen) atoms. The number of hydrogen-bond donors (Lipinski definition) is 0. The van der Waals surface area contributed by atoms with Gasteiger partial charge in [-0.3, -0.25) is 9.88 Å². The molecule has 0 amide bonds. The number of rotatable bonds is 4. The van der Waals surface area contributed by atoms with Crippen LogP contribution in [0.2, 0.25) is 0 Å². The lowest BCUT2D eigenvalue weighted by molar-refractivity contribution is 0.180. The number of pyridine rings is 1. The molecular formula is C17H20FN3O2S. The Bertz CT molecular complexity index is 804. The molecule has 1 aliphatic rings. The molecule has 0 saturated carbocycles. The normalized spacial score (nSPS) is 17.1. The predicted molar refractivity (Wildman–Crippen MR) is 89.4 cm³/mol. The number of halogens is 1. The standard InChI is InChI=1S/C17H20FN3O2S/c1-14-5-6-16(12-17(14)18)24(22,23)21-10-8-20(9-11-21)13-15-4-2-3-7-19-15/h2-7,12H,8-11,13H2,1H3. The zero-order valence-electron chi connectivity index (χ0n) is 13.5. The average Bonchev–Trinajstić information content (AvgIpc) is 2.58. The van der Waals surface area contributed by atoms with E-state index < -0.39 is 15.8 Å². The van der Waals surface area contributed by atoms with Gasteiger partial charge in [0, 0.05) is 38.9 Å². The number of piperazine rings is 1. The molecule has 7 heteroatoms. The summed E-state index contributed by atoms with van der Waals surface area (Å²) in [7, 11) is -3.65. The molecule has 1 aromatic carbocycles. The first-order valence-electron chi connectivity index (χ1n) is 7.85. The van der Waals surface area contributed by atoms with Gasteiger partial charge in [0.05, 0.1) is 10.6 Å². The van der Waals surface area contributed by atoms with Gasteiger partial charge in [0.1, 0.15) is 5.82 Å². The Labute approximate surface area is 141 Å². The largest absolute Gasteiger partial charge is 0.295 e. The van der Waals surface area contributed by atoms with Crippen molar-refractivity contribution < 1.29 is 12.8 Å². The second kappa shape index (κ2) is 6.96. The van der Waals surface area contributed by atoms with Crippen LogP contribution in [0.4, 0.5) is 4.39 Å². The summed E-state index contributed by atoms with van der Waals surface area (Å²) in [6.45, 7) is 4.36. The monoisotopic (exact) mass is 349 g/mol. The highest BCUT2D eigenvalue weighted by molar-refractivity contribution is 7.89. The van der Waals surface area contributed by atoms with Crippen molar-refractivity contribution in [3.8, 4) is 0 Å². The van der Waals surface area contributed by atoms with E-state index in [0.717, 1.165) is 11.8 Å². The molecule has 0 N–H and O–H groups in total. The second-order valence-electron chi connectivity index (χ2n) is 5.91. The molecular weight excluding hydrogens is 329 g/mol. The Balaban J connectivity index is 1.66. The quantitative estimate of drug-likeness (QED) is 0.848. The topological polar surface area (TPSA) is 53.5 Å². The Kier molecular flexibility index (Phi) is 4.93. The molecule has 2 aromatic rings. The second-order valence-corrected chi connectivity index (χ2v) is 7.85. The maximum absolute atomic E-state index is 13.7. The molecule has 2 heterocycles. The fourth-order valence-corrected chi connectivity index (χ4v) is 4.17. The molecule has 1 aromatic heterocycles. The lowest BCUT2D eigenvalue weighted by Gasteiger charge is -2.33. The van der Waals surface area contributed by atoms with Crippen LogP contribution in [0.5, 0.6) is 0 Å². The van der Waals surface area contributed by atoms with Crippen molar-refractivity contribution >= 4 is 10.0 Å². The van der Waals surface area contributed by atoms with Crippen molar-refractivity contribution in [2.24, 2.45) is 0 Å². The van der Waals surface area contributed by atoms with Gasteiger partial charge in [0.15, 0.2) is 0 Å². The minimum Gasteiger partial charge on any atom is -0.295 e. The van der Waals surface area contributed by atoms with Crippen LogP contribution >= 0.6 is 0 Å². The Hall–Kier alpha value is -1.83. The molecule has 0 atom stereocenters. The van der Waals surface area contributed by atoms with Crippen molar-refractivity contribution in [3.63, 3.8) is 0 Å². The molecule has 0 bridgehead atoms. The van der Waals surface area contributed by atoms with Crippen molar-refractivity contribution in [1.82, 2.24) is 14.2 Å². The van der Waals surface area contributed by atoms with Gasteiger partial charge in [-0.1, -0.05) is 12.1 Å². The van der Waals surface area contributed by atoms with Gasteiger partial charge in [-0.05, 0) is 36.8 Å².